The van der Waals surface area contributed by atoms with E-state index in [9.17, 15) is 23.9 Å². The van der Waals surface area contributed by atoms with Crippen molar-refractivity contribution in [2.75, 3.05) is 25.0 Å². The van der Waals surface area contributed by atoms with Gasteiger partial charge in [-0.15, -0.1) is 0 Å². The summed E-state index contributed by atoms with van der Waals surface area (Å²) in [5.74, 6) is -1.55. The zero-order valence-electron chi connectivity index (χ0n) is 26.6. The molecular weight excluding hydrogens is 646 g/mol. The number of benzene rings is 2. The fourth-order valence-corrected chi connectivity index (χ4v) is 8.08. The molecule has 1 saturated carbocycles. The van der Waals surface area contributed by atoms with Crippen LogP contribution >= 0.6 is 23.2 Å². The van der Waals surface area contributed by atoms with Crippen molar-refractivity contribution in [3.05, 3.63) is 63.8 Å². The maximum Gasteiger partial charge on any atom is 0.306 e. The SMILES string of the molecule is CC1C[C@H](F)CN1[C@H]1C[C@@H](COC2CCC(C(=O)O)CC2)N(C(=O)Cc2cc(Cl)c(NC(=O)c3cn(C)c4ccccc34)cc2Cl)C1. The van der Waals surface area contributed by atoms with E-state index >= 15 is 0 Å². The monoisotopic (exact) mass is 686 g/mol. The number of aromatic nitrogens is 1. The lowest BCUT2D eigenvalue weighted by Gasteiger charge is -2.30. The standard InChI is InChI=1S/C35H41Cl2FN4O5/c1-20-11-23(38)16-41(20)24-14-25(19-47-26-9-7-21(8-10-26)35(45)46)42(17-24)33(43)13-22-12-30(37)31(15-29(22)36)39-34(44)28-18-40(2)32-6-4-3-5-27(28)32/h3-6,12,15,18,20-21,23-26H,7-11,13-14,16-17,19H2,1-2H3,(H,39,44)(H,45,46)/t20?,21?,23-,24-,25-,26?/m0/s1. The first-order valence-electron chi connectivity index (χ1n) is 16.4. The molecule has 2 aromatic carbocycles. The van der Waals surface area contributed by atoms with Crippen LogP contribution in [0.1, 0.15) is 61.4 Å². The van der Waals surface area contributed by atoms with Crippen LogP contribution in [-0.4, -0.2) is 87.4 Å². The summed E-state index contributed by atoms with van der Waals surface area (Å²) in [5, 5.41) is 13.6. The minimum absolute atomic E-state index is 0.00430. The number of nitrogens with zero attached hydrogens (tertiary/aromatic N) is 3. The van der Waals surface area contributed by atoms with E-state index in [2.05, 4.69) is 10.2 Å². The number of aliphatic carboxylic acids is 1. The molecule has 3 heterocycles. The van der Waals surface area contributed by atoms with E-state index in [4.69, 9.17) is 27.9 Å². The summed E-state index contributed by atoms with van der Waals surface area (Å²) in [6.45, 7) is 3.17. The van der Waals surface area contributed by atoms with Crippen LogP contribution < -0.4 is 5.32 Å². The summed E-state index contributed by atoms with van der Waals surface area (Å²) < 4.78 is 22.5. The lowest BCUT2D eigenvalue weighted by molar-refractivity contribution is -0.144. The number of alkyl halides is 1. The molecule has 0 radical (unpaired) electrons. The molecule has 2 N–H and O–H groups in total. The number of carboxylic acid groups (broad SMARTS) is 1. The Kier molecular flexibility index (Phi) is 10.1. The van der Waals surface area contributed by atoms with Crippen molar-refractivity contribution in [1.29, 1.82) is 0 Å². The van der Waals surface area contributed by atoms with Crippen molar-refractivity contribution in [3.8, 4) is 0 Å². The van der Waals surface area contributed by atoms with Crippen molar-refractivity contribution < 1.29 is 28.6 Å². The molecule has 6 rings (SSSR count). The lowest BCUT2D eigenvalue weighted by Crippen LogP contribution is -2.42. The number of para-hydroxylation sites is 1. The van der Waals surface area contributed by atoms with Crippen LogP contribution in [-0.2, 0) is 27.8 Å². The molecule has 1 unspecified atom stereocenters. The van der Waals surface area contributed by atoms with Crippen molar-refractivity contribution in [3.63, 3.8) is 0 Å². The van der Waals surface area contributed by atoms with E-state index in [1.165, 1.54) is 0 Å². The van der Waals surface area contributed by atoms with Crippen LogP contribution in [0.2, 0.25) is 10.0 Å². The van der Waals surface area contributed by atoms with Gasteiger partial charge in [-0.2, -0.15) is 0 Å². The first kappa shape index (κ1) is 33.7. The van der Waals surface area contributed by atoms with Gasteiger partial charge in [0.25, 0.3) is 5.91 Å². The Morgan fingerprint density at radius 3 is 2.49 bits per heavy atom. The van der Waals surface area contributed by atoms with Crippen molar-refractivity contribution in [2.24, 2.45) is 13.0 Å². The van der Waals surface area contributed by atoms with Gasteiger partial charge in [-0.05, 0) is 69.2 Å². The average molecular weight is 688 g/mol. The number of amides is 2. The zero-order valence-corrected chi connectivity index (χ0v) is 28.1. The van der Waals surface area contributed by atoms with E-state index in [-0.39, 0.29) is 53.4 Å². The smallest absolute Gasteiger partial charge is 0.306 e. The molecule has 12 heteroatoms. The number of anilines is 1. The van der Waals surface area contributed by atoms with Crippen molar-refractivity contribution in [2.45, 2.75) is 82.3 Å². The van der Waals surface area contributed by atoms with Gasteiger partial charge in [0.2, 0.25) is 5.91 Å². The Hall–Kier alpha value is -3.18. The van der Waals surface area contributed by atoms with Gasteiger partial charge in [-0.3, -0.25) is 19.3 Å². The van der Waals surface area contributed by atoms with Crippen LogP contribution in [0.5, 0.6) is 0 Å². The predicted molar refractivity (Wildman–Crippen MR) is 180 cm³/mol. The number of rotatable bonds is 9. The lowest BCUT2D eigenvalue weighted by atomic mass is 9.87. The number of carbonyl (C=O) groups is 3. The Labute approximate surface area is 283 Å². The molecular formula is C35H41Cl2FN4O5. The minimum Gasteiger partial charge on any atom is -0.481 e. The number of nitrogens with one attached hydrogen (secondary N) is 1. The summed E-state index contributed by atoms with van der Waals surface area (Å²) in [6.07, 6.45) is 4.50. The third kappa shape index (κ3) is 7.31. The fraction of sp³-hybridized carbons (Fsp3) is 0.514. The molecule has 1 aliphatic carbocycles. The zero-order chi connectivity index (χ0) is 33.4. The Morgan fingerprint density at radius 1 is 1.04 bits per heavy atom. The number of hydrogen-bond donors (Lipinski definition) is 2. The maximum atomic E-state index is 14.3. The molecule has 0 spiro atoms. The average Bonchev–Trinajstić information content (AvgIpc) is 3.73. The highest BCUT2D eigenvalue weighted by molar-refractivity contribution is 6.36. The molecule has 3 aromatic rings. The van der Waals surface area contributed by atoms with E-state index < -0.39 is 12.1 Å². The van der Waals surface area contributed by atoms with Gasteiger partial charge in [0, 0.05) is 54.3 Å². The van der Waals surface area contributed by atoms with E-state index in [0.29, 0.717) is 80.1 Å². The van der Waals surface area contributed by atoms with Gasteiger partial charge >= 0.3 is 5.97 Å². The summed E-state index contributed by atoms with van der Waals surface area (Å²) in [7, 11) is 1.88. The van der Waals surface area contributed by atoms with Crippen LogP contribution in [0.15, 0.2) is 42.6 Å². The normalized spacial score (nSPS) is 26.6. The van der Waals surface area contributed by atoms with Gasteiger partial charge < -0.3 is 24.6 Å². The Bertz CT molecular complexity index is 1660. The molecule has 2 aliphatic heterocycles. The summed E-state index contributed by atoms with van der Waals surface area (Å²) in [6, 6.07) is 10.7. The van der Waals surface area contributed by atoms with E-state index in [0.717, 1.165) is 10.9 Å². The molecule has 4 atom stereocenters. The van der Waals surface area contributed by atoms with E-state index in [1.54, 1.807) is 18.3 Å². The molecule has 0 bridgehead atoms. The molecule has 3 aliphatic rings. The fourth-order valence-electron chi connectivity index (χ4n) is 7.61. The topological polar surface area (TPSA) is 104 Å². The molecule has 2 saturated heterocycles. The second-order valence-corrected chi connectivity index (χ2v) is 14.2. The van der Waals surface area contributed by atoms with Gasteiger partial charge in [-0.25, -0.2) is 4.39 Å². The second kappa shape index (κ2) is 14.1. The highest BCUT2D eigenvalue weighted by atomic mass is 35.5. The summed E-state index contributed by atoms with van der Waals surface area (Å²) in [5.41, 5.74) is 2.32. The molecule has 2 amide bonds. The van der Waals surface area contributed by atoms with Crippen LogP contribution in [0.4, 0.5) is 10.1 Å². The highest BCUT2D eigenvalue weighted by Crippen LogP contribution is 2.34. The summed E-state index contributed by atoms with van der Waals surface area (Å²) in [4.78, 5) is 42.5. The molecule has 47 heavy (non-hydrogen) atoms. The predicted octanol–water partition coefficient (Wildman–Crippen LogP) is 6.34. The first-order valence-corrected chi connectivity index (χ1v) is 17.1. The number of fused-ring (bicyclic) bond motifs is 1. The van der Waals surface area contributed by atoms with Gasteiger partial charge in [0.1, 0.15) is 6.17 Å². The van der Waals surface area contributed by atoms with Crippen molar-refractivity contribution >= 4 is 57.6 Å². The van der Waals surface area contributed by atoms with Gasteiger partial charge in [0.05, 0.1) is 47.4 Å². The number of hydrogen-bond acceptors (Lipinski definition) is 5. The first-order chi connectivity index (χ1) is 22.5. The molecule has 252 valence electrons. The number of carboxylic acids is 1. The number of ether oxygens (including phenoxy) is 1. The van der Waals surface area contributed by atoms with Crippen molar-refractivity contribution in [1.82, 2.24) is 14.4 Å². The van der Waals surface area contributed by atoms with Crippen LogP contribution in [0.25, 0.3) is 10.9 Å². The molecule has 1 aromatic heterocycles. The third-order valence-electron chi connectivity index (χ3n) is 10.2. The number of halogens is 3. The number of aryl methyl sites for hydroxylation is 1. The minimum atomic E-state index is -0.880. The quantitative estimate of drug-likeness (QED) is 0.272. The Balaban J connectivity index is 1.14. The number of likely N-dealkylation sites (tertiary alicyclic amines) is 2. The van der Waals surface area contributed by atoms with Crippen LogP contribution in [0, 0.1) is 5.92 Å². The van der Waals surface area contributed by atoms with E-state index in [1.807, 2.05) is 47.7 Å². The highest BCUT2D eigenvalue weighted by Gasteiger charge is 2.43. The maximum absolute atomic E-state index is 14.3. The second-order valence-electron chi connectivity index (χ2n) is 13.3. The molecule has 3 fully saturated rings. The number of carbonyl (C=O) groups excluding carboxylic acids is 2. The molecule has 9 nitrogen and oxygen atoms in total. The Morgan fingerprint density at radius 2 is 1.79 bits per heavy atom. The largest absolute Gasteiger partial charge is 0.481 e. The van der Waals surface area contributed by atoms with Crippen LogP contribution in [0.3, 0.4) is 0 Å². The summed E-state index contributed by atoms with van der Waals surface area (Å²) >= 11 is 13.3. The third-order valence-corrected chi connectivity index (χ3v) is 10.8. The van der Waals surface area contributed by atoms with Gasteiger partial charge in [-0.1, -0.05) is 41.4 Å². The van der Waals surface area contributed by atoms with Gasteiger partial charge in [0.15, 0.2) is 0 Å².